The predicted octanol–water partition coefficient (Wildman–Crippen LogP) is 5.68. The van der Waals surface area contributed by atoms with Crippen LogP contribution in [-0.4, -0.2) is 36.6 Å². The molecule has 5 rings (SSSR count). The standard InChI is InChI=1S/C28H27ClN3O/c1-19-7-12-26-23(15-19)24-18-32(2,17-21-10-8-20(16-30)9-11-21)14-13-27(24)31(26)28(33)22-5-3-4-6-25(22)29/h3-12,15,24,27H,13-14,17-18H2,1-2H3/q+1/t24-,27-,32?/m0/s1. The third kappa shape index (κ3) is 3.93. The van der Waals surface area contributed by atoms with E-state index in [-0.39, 0.29) is 17.9 Å². The monoisotopic (exact) mass is 456 g/mol. The van der Waals surface area contributed by atoms with E-state index in [1.54, 1.807) is 6.07 Å². The highest BCUT2D eigenvalue weighted by Crippen LogP contribution is 2.47. The number of rotatable bonds is 3. The number of nitriles is 1. The van der Waals surface area contributed by atoms with Gasteiger partial charge in [0.25, 0.3) is 5.91 Å². The Hall–Kier alpha value is -3.13. The molecule has 3 aromatic rings. The first kappa shape index (κ1) is 21.7. The van der Waals surface area contributed by atoms with Crippen molar-refractivity contribution >= 4 is 23.2 Å². The zero-order chi connectivity index (χ0) is 23.2. The number of hydrogen-bond donors (Lipinski definition) is 0. The number of fused-ring (bicyclic) bond motifs is 3. The summed E-state index contributed by atoms with van der Waals surface area (Å²) in [6.45, 7) is 4.98. The number of carbonyl (C=O) groups is 1. The number of amides is 1. The topological polar surface area (TPSA) is 44.1 Å². The summed E-state index contributed by atoms with van der Waals surface area (Å²) < 4.78 is 0.911. The maximum absolute atomic E-state index is 13.7. The lowest BCUT2D eigenvalue weighted by Crippen LogP contribution is -2.56. The number of hydrogen-bond acceptors (Lipinski definition) is 2. The first-order valence-corrected chi connectivity index (χ1v) is 11.8. The van der Waals surface area contributed by atoms with Crippen LogP contribution in [0.15, 0.2) is 66.7 Å². The van der Waals surface area contributed by atoms with Crippen molar-refractivity contribution in [2.24, 2.45) is 0 Å². The molecule has 0 radical (unpaired) electrons. The van der Waals surface area contributed by atoms with Crippen molar-refractivity contribution in [1.82, 2.24) is 0 Å². The molecular formula is C28H27ClN3O+. The van der Waals surface area contributed by atoms with Gasteiger partial charge in [-0.15, -0.1) is 0 Å². The second kappa shape index (κ2) is 8.33. The minimum atomic E-state index is -0.0126. The van der Waals surface area contributed by atoms with Gasteiger partial charge in [0.1, 0.15) is 6.54 Å². The van der Waals surface area contributed by atoms with Gasteiger partial charge in [-0.3, -0.25) is 4.79 Å². The number of likely N-dealkylation sites (tertiary alicyclic amines) is 1. The van der Waals surface area contributed by atoms with Gasteiger partial charge in [-0.25, -0.2) is 0 Å². The number of aryl methyl sites for hydroxylation is 1. The first-order chi connectivity index (χ1) is 15.9. The molecule has 3 aromatic carbocycles. The minimum absolute atomic E-state index is 0.0126. The summed E-state index contributed by atoms with van der Waals surface area (Å²) in [5.74, 6) is 0.268. The van der Waals surface area contributed by atoms with E-state index in [4.69, 9.17) is 16.9 Å². The maximum Gasteiger partial charge on any atom is 0.260 e. The van der Waals surface area contributed by atoms with Gasteiger partial charge < -0.3 is 9.38 Å². The quantitative estimate of drug-likeness (QED) is 0.475. The molecule has 166 valence electrons. The van der Waals surface area contributed by atoms with Crippen LogP contribution < -0.4 is 4.90 Å². The number of likely N-dealkylation sites (N-methyl/N-ethyl adjacent to an activating group) is 1. The lowest BCUT2D eigenvalue weighted by atomic mass is 9.87. The van der Waals surface area contributed by atoms with Crippen LogP contribution in [0.4, 0.5) is 5.69 Å². The van der Waals surface area contributed by atoms with Gasteiger partial charge in [0.2, 0.25) is 0 Å². The van der Waals surface area contributed by atoms with E-state index < -0.39 is 0 Å². The highest BCUT2D eigenvalue weighted by Gasteiger charge is 2.49. The second-order valence-electron chi connectivity index (χ2n) is 9.67. The Balaban J connectivity index is 1.47. The van der Waals surface area contributed by atoms with Crippen molar-refractivity contribution in [2.45, 2.75) is 31.8 Å². The van der Waals surface area contributed by atoms with E-state index in [2.05, 4.69) is 50.4 Å². The molecule has 0 bridgehead atoms. The third-order valence-electron chi connectivity index (χ3n) is 7.21. The van der Waals surface area contributed by atoms with Gasteiger partial charge in [-0.2, -0.15) is 5.26 Å². The molecule has 0 aliphatic carbocycles. The first-order valence-electron chi connectivity index (χ1n) is 11.4. The van der Waals surface area contributed by atoms with E-state index in [0.29, 0.717) is 16.1 Å². The predicted molar refractivity (Wildman–Crippen MR) is 131 cm³/mol. The maximum atomic E-state index is 13.7. The number of anilines is 1. The molecule has 1 unspecified atom stereocenters. The molecule has 0 aromatic heterocycles. The van der Waals surface area contributed by atoms with Gasteiger partial charge in [0.15, 0.2) is 0 Å². The molecule has 2 heterocycles. The molecule has 1 fully saturated rings. The van der Waals surface area contributed by atoms with Gasteiger partial charge in [0, 0.05) is 17.7 Å². The molecule has 5 heteroatoms. The molecular weight excluding hydrogens is 430 g/mol. The van der Waals surface area contributed by atoms with Gasteiger partial charge >= 0.3 is 0 Å². The van der Waals surface area contributed by atoms with Gasteiger partial charge in [-0.1, -0.05) is 53.6 Å². The van der Waals surface area contributed by atoms with Crippen molar-refractivity contribution < 1.29 is 9.28 Å². The lowest BCUT2D eigenvalue weighted by molar-refractivity contribution is -0.928. The van der Waals surface area contributed by atoms with E-state index in [9.17, 15) is 4.79 Å². The van der Waals surface area contributed by atoms with Crippen molar-refractivity contribution in [3.63, 3.8) is 0 Å². The fourth-order valence-electron chi connectivity index (χ4n) is 5.61. The summed E-state index contributed by atoms with van der Waals surface area (Å²) in [4.78, 5) is 15.7. The Morgan fingerprint density at radius 2 is 1.91 bits per heavy atom. The van der Waals surface area contributed by atoms with Gasteiger partial charge in [0.05, 0.1) is 54.3 Å². The Morgan fingerprint density at radius 3 is 2.64 bits per heavy atom. The Labute approximate surface area is 200 Å². The summed E-state index contributed by atoms with van der Waals surface area (Å²) in [5, 5.41) is 9.59. The Bertz CT molecular complexity index is 1260. The van der Waals surface area contributed by atoms with E-state index in [1.165, 1.54) is 16.7 Å². The third-order valence-corrected chi connectivity index (χ3v) is 7.54. The van der Waals surface area contributed by atoms with E-state index in [0.717, 1.165) is 36.2 Å². The fourth-order valence-corrected chi connectivity index (χ4v) is 5.83. The summed E-state index contributed by atoms with van der Waals surface area (Å²) in [7, 11) is 2.31. The average Bonchev–Trinajstić information content (AvgIpc) is 3.11. The number of piperidine rings is 1. The second-order valence-corrected chi connectivity index (χ2v) is 10.1. The molecule has 2 aliphatic heterocycles. The van der Waals surface area contributed by atoms with Crippen LogP contribution >= 0.6 is 11.6 Å². The van der Waals surface area contributed by atoms with Crippen molar-refractivity contribution in [3.05, 3.63) is 99.6 Å². The minimum Gasteiger partial charge on any atom is -0.322 e. The molecule has 33 heavy (non-hydrogen) atoms. The van der Waals surface area contributed by atoms with Crippen LogP contribution in [0.1, 0.15) is 45.0 Å². The average molecular weight is 457 g/mol. The number of carbonyl (C=O) groups excluding carboxylic acids is 1. The van der Waals surface area contributed by atoms with Crippen LogP contribution in [0, 0.1) is 18.3 Å². The van der Waals surface area contributed by atoms with E-state index >= 15 is 0 Å². The molecule has 0 N–H and O–H groups in total. The summed E-state index contributed by atoms with van der Waals surface area (Å²) in [6, 6.07) is 24.0. The van der Waals surface area contributed by atoms with Crippen LogP contribution in [0.5, 0.6) is 0 Å². The smallest absolute Gasteiger partial charge is 0.260 e. The highest BCUT2D eigenvalue weighted by molar-refractivity contribution is 6.34. The molecule has 0 saturated carbocycles. The van der Waals surface area contributed by atoms with Crippen LogP contribution in [-0.2, 0) is 6.54 Å². The van der Waals surface area contributed by atoms with Crippen LogP contribution in [0.25, 0.3) is 0 Å². The van der Waals surface area contributed by atoms with Crippen LogP contribution in [0.3, 0.4) is 0 Å². The molecule has 1 amide bonds. The van der Waals surface area contributed by atoms with Crippen molar-refractivity contribution in [1.29, 1.82) is 5.26 Å². The fraction of sp³-hybridized carbons (Fsp3) is 0.286. The Morgan fingerprint density at radius 1 is 1.15 bits per heavy atom. The number of benzene rings is 3. The van der Waals surface area contributed by atoms with Crippen molar-refractivity contribution in [3.8, 4) is 6.07 Å². The van der Waals surface area contributed by atoms with Gasteiger partial charge in [-0.05, 0) is 42.8 Å². The van der Waals surface area contributed by atoms with E-state index in [1.807, 2.05) is 35.2 Å². The molecule has 1 saturated heterocycles. The largest absolute Gasteiger partial charge is 0.322 e. The molecule has 4 nitrogen and oxygen atoms in total. The Kier molecular flexibility index (Phi) is 5.48. The number of halogens is 1. The lowest BCUT2D eigenvalue weighted by Gasteiger charge is -2.44. The summed E-state index contributed by atoms with van der Waals surface area (Å²) in [6.07, 6.45) is 0.932. The van der Waals surface area contributed by atoms with Crippen LogP contribution in [0.2, 0.25) is 5.02 Å². The SMILES string of the molecule is Cc1ccc2c(c1)[C@@H]1C[N+](C)(Cc3ccc(C#N)cc3)CC[C@@H]1N2C(=O)c1ccccc1Cl. The zero-order valence-electron chi connectivity index (χ0n) is 19.0. The summed E-state index contributed by atoms with van der Waals surface area (Å²) in [5.41, 5.74) is 5.99. The summed E-state index contributed by atoms with van der Waals surface area (Å²) >= 11 is 6.41. The zero-order valence-corrected chi connectivity index (χ0v) is 19.7. The number of quaternary nitrogens is 1. The highest BCUT2D eigenvalue weighted by atomic mass is 35.5. The number of nitrogens with zero attached hydrogens (tertiary/aromatic N) is 3. The molecule has 3 atom stereocenters. The molecule has 0 spiro atoms. The molecule has 2 aliphatic rings. The normalized spacial score (nSPS) is 23.5. The van der Waals surface area contributed by atoms with Crippen molar-refractivity contribution in [2.75, 3.05) is 25.0 Å².